The largest absolute Gasteiger partial charge is 0.481 e. The zero-order valence-corrected chi connectivity index (χ0v) is 11.8. The van der Waals surface area contributed by atoms with Crippen LogP contribution in [-0.2, 0) is 4.79 Å². The topological polar surface area (TPSA) is 50.4 Å². The summed E-state index contributed by atoms with van der Waals surface area (Å²) < 4.78 is 31.0. The maximum atomic E-state index is 13.3. The number of piperidine rings is 1. The molecular weight excluding hydrogens is 278 g/mol. The molecule has 0 saturated carbocycles. The fraction of sp³-hybridized carbons (Fsp3) is 0.533. The van der Waals surface area contributed by atoms with Gasteiger partial charge in [0.05, 0.1) is 0 Å². The van der Waals surface area contributed by atoms with Gasteiger partial charge in [-0.2, -0.15) is 0 Å². The highest BCUT2D eigenvalue weighted by molar-refractivity contribution is 5.77. The van der Waals surface area contributed by atoms with Crippen LogP contribution in [0.5, 0.6) is 5.75 Å². The number of hydrogen-bond acceptors (Lipinski definition) is 3. The molecule has 0 spiro atoms. The van der Waals surface area contributed by atoms with E-state index in [4.69, 9.17) is 4.74 Å². The summed E-state index contributed by atoms with van der Waals surface area (Å²) in [7, 11) is 0. The number of halogens is 2. The van der Waals surface area contributed by atoms with Gasteiger partial charge < -0.3 is 15.4 Å². The molecule has 1 unspecified atom stereocenters. The minimum absolute atomic E-state index is 0.122. The highest BCUT2D eigenvalue weighted by Crippen LogP contribution is 2.17. The summed E-state index contributed by atoms with van der Waals surface area (Å²) in [6.07, 6.45) is 3.27. The van der Waals surface area contributed by atoms with Crippen molar-refractivity contribution in [2.75, 3.05) is 26.2 Å². The van der Waals surface area contributed by atoms with Crippen LogP contribution in [0.1, 0.15) is 19.3 Å². The molecule has 0 radical (unpaired) electrons. The molecule has 0 aliphatic carbocycles. The summed E-state index contributed by atoms with van der Waals surface area (Å²) in [5.41, 5.74) is 0. The van der Waals surface area contributed by atoms with Gasteiger partial charge in [0.25, 0.3) is 5.91 Å². The molecule has 4 nitrogen and oxygen atoms in total. The van der Waals surface area contributed by atoms with Crippen molar-refractivity contribution in [3.63, 3.8) is 0 Å². The number of nitrogens with one attached hydrogen (secondary N) is 2. The lowest BCUT2D eigenvalue weighted by Gasteiger charge is -2.22. The van der Waals surface area contributed by atoms with Crippen molar-refractivity contribution in [2.24, 2.45) is 5.92 Å². The molecule has 6 heteroatoms. The first-order valence-electron chi connectivity index (χ1n) is 7.20. The summed E-state index contributed by atoms with van der Waals surface area (Å²) in [5.74, 6) is -1.32. The van der Waals surface area contributed by atoms with Gasteiger partial charge in [-0.1, -0.05) is 0 Å². The van der Waals surface area contributed by atoms with E-state index in [2.05, 4.69) is 10.6 Å². The third-order valence-electron chi connectivity index (χ3n) is 3.53. The molecule has 1 aromatic carbocycles. The van der Waals surface area contributed by atoms with Gasteiger partial charge in [0.15, 0.2) is 18.2 Å². The van der Waals surface area contributed by atoms with Crippen LogP contribution >= 0.6 is 0 Å². The normalized spacial score (nSPS) is 18.3. The lowest BCUT2D eigenvalue weighted by atomic mass is 9.96. The third-order valence-corrected chi connectivity index (χ3v) is 3.53. The standard InChI is InChI=1S/C15H20F2N2O2/c16-12-3-4-14(13(17)8-12)21-10-15(20)19-7-5-11-2-1-6-18-9-11/h3-4,8,11,18H,1-2,5-7,9-10H2,(H,19,20). The van der Waals surface area contributed by atoms with Crippen LogP contribution < -0.4 is 15.4 Å². The quantitative estimate of drug-likeness (QED) is 0.843. The van der Waals surface area contributed by atoms with E-state index >= 15 is 0 Å². The molecule has 1 heterocycles. The van der Waals surface area contributed by atoms with E-state index in [0.29, 0.717) is 12.5 Å². The molecule has 2 N–H and O–H groups in total. The highest BCUT2D eigenvalue weighted by Gasteiger charge is 2.13. The first-order chi connectivity index (χ1) is 10.1. The summed E-state index contributed by atoms with van der Waals surface area (Å²) in [4.78, 5) is 11.6. The summed E-state index contributed by atoms with van der Waals surface area (Å²) >= 11 is 0. The second-order valence-electron chi connectivity index (χ2n) is 5.21. The van der Waals surface area contributed by atoms with Crippen molar-refractivity contribution in [3.05, 3.63) is 29.8 Å². The smallest absolute Gasteiger partial charge is 0.257 e. The Morgan fingerprint density at radius 1 is 1.43 bits per heavy atom. The lowest BCUT2D eigenvalue weighted by molar-refractivity contribution is -0.123. The van der Waals surface area contributed by atoms with Crippen LogP contribution in [0.3, 0.4) is 0 Å². The van der Waals surface area contributed by atoms with E-state index in [9.17, 15) is 13.6 Å². The van der Waals surface area contributed by atoms with Gasteiger partial charge in [0, 0.05) is 12.6 Å². The third kappa shape index (κ3) is 5.30. The zero-order valence-electron chi connectivity index (χ0n) is 11.8. The predicted octanol–water partition coefficient (Wildman–Crippen LogP) is 1.85. The average Bonchev–Trinajstić information content (AvgIpc) is 2.47. The van der Waals surface area contributed by atoms with Crippen LogP contribution in [0, 0.1) is 17.6 Å². The number of benzene rings is 1. The van der Waals surface area contributed by atoms with Crippen molar-refractivity contribution < 1.29 is 18.3 Å². The van der Waals surface area contributed by atoms with Gasteiger partial charge in [-0.3, -0.25) is 4.79 Å². The van der Waals surface area contributed by atoms with Crippen LogP contribution in [0.15, 0.2) is 18.2 Å². The Bertz CT molecular complexity index is 477. The Hall–Kier alpha value is -1.69. The minimum atomic E-state index is -0.809. The van der Waals surface area contributed by atoms with Crippen molar-refractivity contribution in [1.29, 1.82) is 0 Å². The van der Waals surface area contributed by atoms with Crippen LogP contribution in [0.25, 0.3) is 0 Å². The molecule has 1 saturated heterocycles. The zero-order chi connectivity index (χ0) is 15.1. The summed E-state index contributed by atoms with van der Waals surface area (Å²) in [6, 6.07) is 2.99. The second kappa shape index (κ2) is 7.93. The Morgan fingerprint density at radius 3 is 3.00 bits per heavy atom. The average molecular weight is 298 g/mol. The van der Waals surface area contributed by atoms with Crippen molar-refractivity contribution in [2.45, 2.75) is 19.3 Å². The Balaban J connectivity index is 1.65. The van der Waals surface area contributed by atoms with Crippen molar-refractivity contribution >= 4 is 5.91 Å². The number of rotatable bonds is 6. The summed E-state index contributed by atoms with van der Waals surface area (Å²) in [6.45, 7) is 2.37. The number of ether oxygens (including phenoxy) is 1. The van der Waals surface area contributed by atoms with Gasteiger partial charge in [-0.25, -0.2) is 8.78 Å². The van der Waals surface area contributed by atoms with Crippen LogP contribution in [0.4, 0.5) is 8.78 Å². The van der Waals surface area contributed by atoms with E-state index in [-0.39, 0.29) is 18.3 Å². The number of carbonyl (C=O) groups excluding carboxylic acids is 1. The fourth-order valence-corrected chi connectivity index (χ4v) is 2.37. The molecule has 0 bridgehead atoms. The van der Waals surface area contributed by atoms with E-state index in [1.165, 1.54) is 18.9 Å². The van der Waals surface area contributed by atoms with E-state index < -0.39 is 11.6 Å². The number of carbonyl (C=O) groups is 1. The van der Waals surface area contributed by atoms with E-state index in [0.717, 1.165) is 31.6 Å². The molecule has 1 aliphatic rings. The Labute approximate surface area is 122 Å². The monoisotopic (exact) mass is 298 g/mol. The molecule has 1 atom stereocenters. The van der Waals surface area contributed by atoms with E-state index in [1.54, 1.807) is 0 Å². The molecule has 2 rings (SSSR count). The highest BCUT2D eigenvalue weighted by atomic mass is 19.1. The molecule has 1 aliphatic heterocycles. The Morgan fingerprint density at radius 2 is 2.29 bits per heavy atom. The molecule has 1 fully saturated rings. The maximum Gasteiger partial charge on any atom is 0.257 e. The van der Waals surface area contributed by atoms with Gasteiger partial charge in [0.1, 0.15) is 5.82 Å². The molecule has 0 aromatic heterocycles. The Kier molecular flexibility index (Phi) is 5.92. The van der Waals surface area contributed by atoms with Crippen LogP contribution in [0.2, 0.25) is 0 Å². The van der Waals surface area contributed by atoms with Gasteiger partial charge in [0.2, 0.25) is 0 Å². The van der Waals surface area contributed by atoms with Gasteiger partial charge in [-0.05, 0) is 50.4 Å². The van der Waals surface area contributed by atoms with Crippen molar-refractivity contribution in [1.82, 2.24) is 10.6 Å². The fourth-order valence-electron chi connectivity index (χ4n) is 2.37. The number of hydrogen-bond donors (Lipinski definition) is 2. The molecular formula is C15H20F2N2O2. The van der Waals surface area contributed by atoms with Gasteiger partial charge >= 0.3 is 0 Å². The second-order valence-corrected chi connectivity index (χ2v) is 5.21. The van der Waals surface area contributed by atoms with E-state index in [1.807, 2.05) is 0 Å². The minimum Gasteiger partial charge on any atom is -0.481 e. The molecule has 21 heavy (non-hydrogen) atoms. The predicted molar refractivity (Wildman–Crippen MR) is 75.1 cm³/mol. The molecule has 1 amide bonds. The lowest BCUT2D eigenvalue weighted by Crippen LogP contribution is -2.34. The molecule has 1 aromatic rings. The van der Waals surface area contributed by atoms with Gasteiger partial charge in [-0.15, -0.1) is 0 Å². The molecule has 116 valence electrons. The number of amides is 1. The SMILES string of the molecule is O=C(COc1ccc(F)cc1F)NCCC1CCCNC1. The van der Waals surface area contributed by atoms with Crippen molar-refractivity contribution in [3.8, 4) is 5.75 Å². The van der Waals surface area contributed by atoms with Crippen LogP contribution in [-0.4, -0.2) is 32.1 Å². The maximum absolute atomic E-state index is 13.3. The summed E-state index contributed by atoms with van der Waals surface area (Å²) in [5, 5.41) is 6.06. The first kappa shape index (κ1) is 15.7. The first-order valence-corrected chi connectivity index (χ1v) is 7.20.